The van der Waals surface area contributed by atoms with Gasteiger partial charge in [-0.2, -0.15) is 0 Å². The first-order valence-electron chi connectivity index (χ1n) is 8.77. The molecular formula is C19H28N2O3. The lowest BCUT2D eigenvalue weighted by molar-refractivity contribution is -0.154. The van der Waals surface area contributed by atoms with Gasteiger partial charge in [0.2, 0.25) is 5.91 Å². The Labute approximate surface area is 144 Å². The summed E-state index contributed by atoms with van der Waals surface area (Å²) in [4.78, 5) is 28.9. The van der Waals surface area contributed by atoms with Gasteiger partial charge in [0.15, 0.2) is 0 Å². The highest BCUT2D eigenvalue weighted by Crippen LogP contribution is 2.24. The number of carbonyl (C=O) groups is 2. The van der Waals surface area contributed by atoms with Gasteiger partial charge >= 0.3 is 5.97 Å². The lowest BCUT2D eigenvalue weighted by atomic mass is 9.94. The molecule has 1 aromatic carbocycles. The highest BCUT2D eigenvalue weighted by molar-refractivity contribution is 5.86. The van der Waals surface area contributed by atoms with Crippen LogP contribution in [0.5, 0.6) is 0 Å². The van der Waals surface area contributed by atoms with Crippen LogP contribution in [0, 0.1) is 0 Å². The Balaban J connectivity index is 2.18. The molecule has 0 aromatic heterocycles. The Morgan fingerprint density at radius 2 is 1.79 bits per heavy atom. The molecule has 132 valence electrons. The summed E-state index contributed by atoms with van der Waals surface area (Å²) in [5, 5.41) is 0. The summed E-state index contributed by atoms with van der Waals surface area (Å²) in [6.45, 7) is 6.85. The van der Waals surface area contributed by atoms with Crippen LogP contribution in [0.25, 0.3) is 0 Å². The molecule has 5 heteroatoms. The second-order valence-corrected chi connectivity index (χ2v) is 6.31. The number of methoxy groups -OCH3 is 1. The van der Waals surface area contributed by atoms with Gasteiger partial charge in [0.1, 0.15) is 6.04 Å². The van der Waals surface area contributed by atoms with Gasteiger partial charge in [-0.05, 0) is 37.1 Å². The molecular weight excluding hydrogens is 304 g/mol. The minimum atomic E-state index is -0.525. The number of hydrogen-bond acceptors (Lipinski definition) is 4. The summed E-state index contributed by atoms with van der Waals surface area (Å²) >= 11 is 0. The maximum atomic E-state index is 12.9. The summed E-state index contributed by atoms with van der Waals surface area (Å²) in [6.07, 6.45) is 2.54. The zero-order valence-corrected chi connectivity index (χ0v) is 15.0. The number of ether oxygens (including phenoxy) is 1. The molecule has 0 aliphatic carbocycles. The van der Waals surface area contributed by atoms with Crippen LogP contribution in [-0.2, 0) is 27.3 Å². The molecule has 0 saturated heterocycles. The second kappa shape index (κ2) is 8.83. The quantitative estimate of drug-likeness (QED) is 0.719. The first-order chi connectivity index (χ1) is 11.6. The number of hydrogen-bond donors (Lipinski definition) is 0. The van der Waals surface area contributed by atoms with E-state index in [4.69, 9.17) is 4.74 Å². The first-order valence-corrected chi connectivity index (χ1v) is 8.77. The molecule has 1 aliphatic heterocycles. The number of rotatable bonds is 7. The molecule has 1 aliphatic rings. The van der Waals surface area contributed by atoms with Crippen LogP contribution in [0.3, 0.4) is 0 Å². The third-order valence-corrected chi connectivity index (χ3v) is 4.48. The number of esters is 1. The predicted octanol–water partition coefficient (Wildman–Crippen LogP) is 2.23. The van der Waals surface area contributed by atoms with Crippen LogP contribution < -0.4 is 0 Å². The van der Waals surface area contributed by atoms with E-state index in [9.17, 15) is 9.59 Å². The molecule has 0 saturated carbocycles. The van der Waals surface area contributed by atoms with E-state index in [1.165, 1.54) is 7.11 Å². The van der Waals surface area contributed by atoms with Gasteiger partial charge in [-0.1, -0.05) is 38.1 Å². The molecule has 0 fully saturated rings. The third-order valence-electron chi connectivity index (χ3n) is 4.48. The lowest BCUT2D eigenvalue weighted by Crippen LogP contribution is -2.52. The van der Waals surface area contributed by atoms with Crippen LogP contribution in [0.1, 0.15) is 37.8 Å². The monoisotopic (exact) mass is 332 g/mol. The molecule has 2 rings (SSSR count). The van der Waals surface area contributed by atoms with Gasteiger partial charge in [-0.15, -0.1) is 0 Å². The highest BCUT2D eigenvalue weighted by atomic mass is 16.5. The van der Waals surface area contributed by atoms with Crippen LogP contribution >= 0.6 is 0 Å². The Hall–Kier alpha value is -1.88. The van der Waals surface area contributed by atoms with E-state index in [1.54, 1.807) is 4.90 Å². The van der Waals surface area contributed by atoms with Crippen molar-refractivity contribution >= 4 is 11.9 Å². The van der Waals surface area contributed by atoms with Gasteiger partial charge in [-0.25, -0.2) is 4.79 Å². The van der Waals surface area contributed by atoms with E-state index in [0.717, 1.165) is 37.1 Å². The zero-order valence-electron chi connectivity index (χ0n) is 15.0. The number of amides is 1. The van der Waals surface area contributed by atoms with Crippen molar-refractivity contribution in [2.75, 3.05) is 26.7 Å². The Morgan fingerprint density at radius 1 is 1.17 bits per heavy atom. The van der Waals surface area contributed by atoms with Crippen molar-refractivity contribution in [3.8, 4) is 0 Å². The van der Waals surface area contributed by atoms with Gasteiger partial charge in [0.25, 0.3) is 0 Å². The minimum absolute atomic E-state index is 0.00167. The van der Waals surface area contributed by atoms with E-state index >= 15 is 0 Å². The molecule has 24 heavy (non-hydrogen) atoms. The standard InChI is InChI=1S/C19H28N2O3/c1-4-10-20(11-5-2)14-18(22)21-13-16-9-7-6-8-15(16)12-17(21)19(23)24-3/h6-9,17H,4-5,10-14H2,1-3H3. The summed E-state index contributed by atoms with van der Waals surface area (Å²) in [5.41, 5.74) is 2.24. The number of benzene rings is 1. The van der Waals surface area contributed by atoms with Crippen LogP contribution in [0.15, 0.2) is 24.3 Å². The van der Waals surface area contributed by atoms with Gasteiger partial charge < -0.3 is 9.64 Å². The van der Waals surface area contributed by atoms with E-state index in [2.05, 4.69) is 18.7 Å². The first kappa shape index (κ1) is 18.5. The number of nitrogens with zero attached hydrogens (tertiary/aromatic N) is 2. The van der Waals surface area contributed by atoms with Crippen LogP contribution in [0.2, 0.25) is 0 Å². The fraction of sp³-hybridized carbons (Fsp3) is 0.579. The van der Waals surface area contributed by atoms with Crippen molar-refractivity contribution in [2.24, 2.45) is 0 Å². The van der Waals surface area contributed by atoms with E-state index in [-0.39, 0.29) is 11.9 Å². The average Bonchev–Trinajstić information content (AvgIpc) is 2.60. The molecule has 1 aromatic rings. The van der Waals surface area contributed by atoms with Crippen molar-refractivity contribution < 1.29 is 14.3 Å². The third kappa shape index (κ3) is 4.35. The fourth-order valence-corrected chi connectivity index (χ4v) is 3.32. The van der Waals surface area contributed by atoms with E-state index in [0.29, 0.717) is 19.5 Å². The van der Waals surface area contributed by atoms with Crippen molar-refractivity contribution in [3.05, 3.63) is 35.4 Å². The maximum absolute atomic E-state index is 12.9. The van der Waals surface area contributed by atoms with Gasteiger partial charge in [0, 0.05) is 13.0 Å². The summed E-state index contributed by atoms with van der Waals surface area (Å²) in [7, 11) is 1.38. The highest BCUT2D eigenvalue weighted by Gasteiger charge is 2.35. The zero-order chi connectivity index (χ0) is 17.5. The molecule has 1 amide bonds. The molecule has 0 N–H and O–H groups in total. The molecule has 1 heterocycles. The normalized spacial score (nSPS) is 16.8. The van der Waals surface area contributed by atoms with Gasteiger partial charge in [-0.3, -0.25) is 9.69 Å². The molecule has 5 nitrogen and oxygen atoms in total. The number of fused-ring (bicyclic) bond motifs is 1. The largest absolute Gasteiger partial charge is 0.467 e. The molecule has 0 radical (unpaired) electrons. The molecule has 0 bridgehead atoms. The lowest BCUT2D eigenvalue weighted by Gasteiger charge is -2.36. The van der Waals surface area contributed by atoms with Crippen molar-refractivity contribution in [1.82, 2.24) is 9.80 Å². The topological polar surface area (TPSA) is 49.9 Å². The Morgan fingerprint density at radius 3 is 2.38 bits per heavy atom. The van der Waals surface area contributed by atoms with Crippen LogP contribution in [0.4, 0.5) is 0 Å². The summed E-state index contributed by atoms with van der Waals surface area (Å²) in [5.74, 6) is -0.336. The summed E-state index contributed by atoms with van der Waals surface area (Å²) in [6, 6.07) is 7.46. The Bertz CT molecular complexity index is 567. The fourth-order valence-electron chi connectivity index (χ4n) is 3.32. The SMILES string of the molecule is CCCN(CCC)CC(=O)N1Cc2ccccc2CC1C(=O)OC. The molecule has 1 atom stereocenters. The smallest absolute Gasteiger partial charge is 0.328 e. The van der Waals surface area contributed by atoms with E-state index < -0.39 is 6.04 Å². The second-order valence-electron chi connectivity index (χ2n) is 6.31. The van der Waals surface area contributed by atoms with E-state index in [1.807, 2.05) is 24.3 Å². The molecule has 0 spiro atoms. The predicted molar refractivity (Wildman–Crippen MR) is 93.5 cm³/mol. The number of carbonyl (C=O) groups excluding carboxylic acids is 2. The maximum Gasteiger partial charge on any atom is 0.328 e. The Kier molecular flexibility index (Phi) is 6.79. The minimum Gasteiger partial charge on any atom is -0.467 e. The van der Waals surface area contributed by atoms with Crippen molar-refractivity contribution in [2.45, 2.75) is 45.7 Å². The molecule has 1 unspecified atom stereocenters. The van der Waals surface area contributed by atoms with Crippen molar-refractivity contribution in [1.29, 1.82) is 0 Å². The van der Waals surface area contributed by atoms with Crippen LogP contribution in [-0.4, -0.2) is 54.5 Å². The summed E-state index contributed by atoms with van der Waals surface area (Å²) < 4.78 is 4.94. The van der Waals surface area contributed by atoms with Crippen molar-refractivity contribution in [3.63, 3.8) is 0 Å². The average molecular weight is 332 g/mol. The van der Waals surface area contributed by atoms with Gasteiger partial charge in [0.05, 0.1) is 13.7 Å².